The topological polar surface area (TPSA) is 103 Å². The minimum atomic E-state index is -1.48. The Kier molecular flexibility index (Phi) is 2.91. The fourth-order valence-electron chi connectivity index (χ4n) is 1.71. The summed E-state index contributed by atoms with van der Waals surface area (Å²) in [5.41, 5.74) is 6.11. The van der Waals surface area contributed by atoms with E-state index in [0.29, 0.717) is 22.2 Å². The van der Waals surface area contributed by atoms with Gasteiger partial charge >= 0.3 is 0 Å². The summed E-state index contributed by atoms with van der Waals surface area (Å²) in [6.07, 6.45) is -1.40. The fraction of sp³-hybridized carbons (Fsp3) is 0.167. The van der Waals surface area contributed by atoms with Gasteiger partial charge in [-0.1, -0.05) is 24.3 Å². The molecule has 1 aromatic heterocycles. The third-order valence-electron chi connectivity index (χ3n) is 2.61. The van der Waals surface area contributed by atoms with Crippen LogP contribution in [0.25, 0.3) is 10.8 Å². The lowest BCUT2D eigenvalue weighted by atomic mass is 10.00. The second-order valence-electron chi connectivity index (χ2n) is 3.66. The van der Waals surface area contributed by atoms with E-state index in [0.717, 1.165) is 0 Å². The molecule has 86 valence electrons. The first-order valence-electron chi connectivity index (χ1n) is 5.04. The van der Waals surface area contributed by atoms with E-state index in [1.807, 2.05) is 0 Å². The number of nitrogens with two attached hydrogens (primary N) is 1. The maximum atomic E-state index is 9.82. The minimum absolute atomic E-state index is 0.350. The van der Waals surface area contributed by atoms with Gasteiger partial charge in [-0.3, -0.25) is 0 Å². The summed E-state index contributed by atoms with van der Waals surface area (Å²) < 4.78 is 0. The number of hydrogen-bond donors (Lipinski definition) is 3. The Morgan fingerprint density at radius 2 is 1.88 bits per heavy atom. The van der Waals surface area contributed by atoms with E-state index in [2.05, 4.69) is 4.98 Å². The highest BCUT2D eigenvalue weighted by Crippen LogP contribution is 2.28. The predicted octanol–water partition coefficient (Wildman–Crippen LogP) is 0.735. The number of anilines is 1. The number of aliphatic hydroxyl groups is 2. The molecule has 1 aromatic carbocycles. The van der Waals surface area contributed by atoms with Crippen LogP contribution in [0.4, 0.5) is 5.82 Å². The van der Waals surface area contributed by atoms with Crippen molar-refractivity contribution in [3.8, 4) is 6.07 Å². The quantitative estimate of drug-likeness (QED) is 0.659. The molecule has 0 radical (unpaired) electrons. The largest absolute Gasteiger partial charge is 0.384 e. The Hall–Kier alpha value is -2.16. The van der Waals surface area contributed by atoms with Crippen LogP contribution in [0, 0.1) is 11.3 Å². The summed E-state index contributed by atoms with van der Waals surface area (Å²) in [6, 6.07) is 8.71. The monoisotopic (exact) mass is 229 g/mol. The van der Waals surface area contributed by atoms with Gasteiger partial charge in [0, 0.05) is 17.1 Å². The summed E-state index contributed by atoms with van der Waals surface area (Å²) in [5, 5.41) is 29.1. The molecule has 0 bridgehead atoms. The van der Waals surface area contributed by atoms with Crippen molar-refractivity contribution >= 4 is 16.6 Å². The van der Waals surface area contributed by atoms with E-state index in [1.165, 1.54) is 6.20 Å². The lowest BCUT2D eigenvalue weighted by Gasteiger charge is -2.14. The van der Waals surface area contributed by atoms with Crippen LogP contribution >= 0.6 is 0 Å². The molecule has 0 saturated heterocycles. The molecule has 5 nitrogen and oxygen atoms in total. The van der Waals surface area contributed by atoms with Crippen molar-refractivity contribution < 1.29 is 10.2 Å². The molecule has 17 heavy (non-hydrogen) atoms. The predicted molar refractivity (Wildman–Crippen MR) is 62.7 cm³/mol. The average Bonchev–Trinajstić information content (AvgIpc) is 2.38. The molecule has 2 atom stereocenters. The van der Waals surface area contributed by atoms with Crippen LogP contribution in [-0.4, -0.2) is 21.3 Å². The molecule has 2 aromatic rings. The summed E-state index contributed by atoms with van der Waals surface area (Å²) in [7, 11) is 0. The van der Waals surface area contributed by atoms with Crippen molar-refractivity contribution in [2.24, 2.45) is 0 Å². The molecule has 1 heterocycles. The Balaban J connectivity index is 2.64. The number of benzene rings is 1. The first kappa shape index (κ1) is 11.3. The van der Waals surface area contributed by atoms with Crippen LogP contribution in [0.1, 0.15) is 11.7 Å². The highest BCUT2D eigenvalue weighted by atomic mass is 16.3. The molecular formula is C12H11N3O2. The molecular weight excluding hydrogens is 218 g/mol. The highest BCUT2D eigenvalue weighted by Gasteiger charge is 2.20. The van der Waals surface area contributed by atoms with Gasteiger partial charge in [-0.05, 0) is 5.39 Å². The molecule has 0 fully saturated rings. The molecule has 0 aliphatic rings. The number of pyridine rings is 1. The van der Waals surface area contributed by atoms with Crippen LogP contribution in [0.2, 0.25) is 0 Å². The Bertz CT molecular complexity index is 592. The molecule has 2 rings (SSSR count). The van der Waals surface area contributed by atoms with Gasteiger partial charge in [0.15, 0.2) is 6.10 Å². The van der Waals surface area contributed by atoms with Gasteiger partial charge in [0.05, 0.1) is 6.07 Å². The zero-order valence-electron chi connectivity index (χ0n) is 8.91. The number of aliphatic hydroxyl groups excluding tert-OH is 2. The van der Waals surface area contributed by atoms with Gasteiger partial charge in [-0.25, -0.2) is 4.98 Å². The van der Waals surface area contributed by atoms with E-state index in [9.17, 15) is 10.2 Å². The standard InChI is InChI=1S/C12H11N3O2/c13-5-10(16)11(17)9-6-15-12(14)8-4-2-1-3-7(8)9/h1-4,6,10-11,16-17H,(H2,14,15). The number of nitrogens with zero attached hydrogens (tertiary/aromatic N) is 2. The van der Waals surface area contributed by atoms with Crippen LogP contribution in [-0.2, 0) is 0 Å². The highest BCUT2D eigenvalue weighted by molar-refractivity contribution is 5.93. The van der Waals surface area contributed by atoms with Crippen molar-refractivity contribution in [1.82, 2.24) is 4.98 Å². The molecule has 0 amide bonds. The number of nitriles is 1. The smallest absolute Gasteiger partial charge is 0.170 e. The van der Waals surface area contributed by atoms with Crippen molar-refractivity contribution in [3.63, 3.8) is 0 Å². The number of fused-ring (bicyclic) bond motifs is 1. The molecule has 0 saturated carbocycles. The third-order valence-corrected chi connectivity index (χ3v) is 2.61. The fourth-order valence-corrected chi connectivity index (χ4v) is 1.71. The van der Waals surface area contributed by atoms with Gasteiger partial charge in [-0.15, -0.1) is 0 Å². The summed E-state index contributed by atoms with van der Waals surface area (Å²) in [4.78, 5) is 3.94. The van der Waals surface area contributed by atoms with E-state index < -0.39 is 12.2 Å². The Morgan fingerprint density at radius 1 is 1.24 bits per heavy atom. The number of nitrogen functional groups attached to an aromatic ring is 1. The van der Waals surface area contributed by atoms with Crippen LogP contribution in [0.15, 0.2) is 30.5 Å². The maximum absolute atomic E-state index is 9.82. The van der Waals surface area contributed by atoms with Crippen molar-refractivity contribution in [2.75, 3.05) is 5.73 Å². The summed E-state index contributed by atoms with van der Waals surface area (Å²) in [5.74, 6) is 0.350. The van der Waals surface area contributed by atoms with E-state index in [1.54, 1.807) is 30.3 Å². The van der Waals surface area contributed by atoms with Gasteiger partial charge < -0.3 is 15.9 Å². The lowest BCUT2D eigenvalue weighted by molar-refractivity contribution is 0.0536. The SMILES string of the molecule is N#CC(O)C(O)c1cnc(N)c2ccccc12. The summed E-state index contributed by atoms with van der Waals surface area (Å²) >= 11 is 0. The Labute approximate surface area is 97.7 Å². The second-order valence-corrected chi connectivity index (χ2v) is 3.66. The van der Waals surface area contributed by atoms with Gasteiger partial charge in [0.2, 0.25) is 0 Å². The van der Waals surface area contributed by atoms with Crippen LogP contribution < -0.4 is 5.73 Å². The Morgan fingerprint density at radius 3 is 2.53 bits per heavy atom. The first-order valence-corrected chi connectivity index (χ1v) is 5.04. The molecule has 0 aliphatic heterocycles. The first-order chi connectivity index (χ1) is 8.15. The van der Waals surface area contributed by atoms with Gasteiger partial charge in [0.1, 0.15) is 11.9 Å². The van der Waals surface area contributed by atoms with E-state index >= 15 is 0 Å². The number of rotatable bonds is 2. The lowest BCUT2D eigenvalue weighted by Crippen LogP contribution is -2.16. The van der Waals surface area contributed by atoms with Gasteiger partial charge in [-0.2, -0.15) is 5.26 Å². The third kappa shape index (κ3) is 1.91. The number of aromatic nitrogens is 1. The normalized spacial score (nSPS) is 14.2. The summed E-state index contributed by atoms with van der Waals surface area (Å²) in [6.45, 7) is 0. The second kappa shape index (κ2) is 4.37. The molecule has 4 N–H and O–H groups in total. The molecule has 5 heteroatoms. The van der Waals surface area contributed by atoms with Gasteiger partial charge in [0.25, 0.3) is 0 Å². The number of hydrogen-bond acceptors (Lipinski definition) is 5. The van der Waals surface area contributed by atoms with E-state index in [-0.39, 0.29) is 0 Å². The van der Waals surface area contributed by atoms with Crippen molar-refractivity contribution in [3.05, 3.63) is 36.0 Å². The van der Waals surface area contributed by atoms with Crippen LogP contribution in [0.5, 0.6) is 0 Å². The minimum Gasteiger partial charge on any atom is -0.384 e. The molecule has 2 unspecified atom stereocenters. The zero-order chi connectivity index (χ0) is 12.4. The van der Waals surface area contributed by atoms with Crippen molar-refractivity contribution in [2.45, 2.75) is 12.2 Å². The van der Waals surface area contributed by atoms with E-state index in [4.69, 9.17) is 11.0 Å². The van der Waals surface area contributed by atoms with Crippen molar-refractivity contribution in [1.29, 1.82) is 5.26 Å². The maximum Gasteiger partial charge on any atom is 0.170 e. The zero-order valence-corrected chi connectivity index (χ0v) is 8.91. The average molecular weight is 229 g/mol. The van der Waals surface area contributed by atoms with Crippen LogP contribution in [0.3, 0.4) is 0 Å². The molecule has 0 spiro atoms. The molecule has 0 aliphatic carbocycles.